The molecule has 8 heteroatoms. The standard InChI is InChI=1S/C20H32N4O3S/c1-21-20(23-15-13-16-5-4-6-17(14-15)24(16)2)22-11-12-27-18-7-9-19(10-8-18)28(3,25)26/h7-10,15-17H,4-6,11-14H2,1-3H3,(H2,21,22,23). The van der Waals surface area contributed by atoms with Crippen molar-refractivity contribution in [2.45, 2.75) is 55.1 Å². The van der Waals surface area contributed by atoms with Crippen molar-refractivity contribution in [3.63, 3.8) is 0 Å². The lowest BCUT2D eigenvalue weighted by Gasteiger charge is -2.47. The lowest BCUT2D eigenvalue weighted by Crippen LogP contribution is -2.56. The van der Waals surface area contributed by atoms with Crippen molar-refractivity contribution >= 4 is 15.8 Å². The fraction of sp³-hybridized carbons (Fsp3) is 0.650. The van der Waals surface area contributed by atoms with E-state index in [0.717, 1.165) is 18.8 Å². The Morgan fingerprint density at radius 1 is 1.21 bits per heavy atom. The number of nitrogens with zero attached hydrogens (tertiary/aromatic N) is 2. The van der Waals surface area contributed by atoms with Crippen LogP contribution in [0.5, 0.6) is 5.75 Å². The van der Waals surface area contributed by atoms with Gasteiger partial charge in [0.2, 0.25) is 0 Å². The Morgan fingerprint density at radius 3 is 2.43 bits per heavy atom. The second-order valence-corrected chi connectivity index (χ2v) is 9.82. The molecule has 0 aliphatic carbocycles. The number of rotatable bonds is 6. The van der Waals surface area contributed by atoms with Gasteiger partial charge in [-0.25, -0.2) is 8.42 Å². The van der Waals surface area contributed by atoms with Crippen molar-refractivity contribution in [1.82, 2.24) is 15.5 Å². The number of sulfone groups is 1. The molecule has 7 nitrogen and oxygen atoms in total. The largest absolute Gasteiger partial charge is 0.492 e. The summed E-state index contributed by atoms with van der Waals surface area (Å²) in [5.74, 6) is 1.46. The molecule has 2 aliphatic rings. The molecular formula is C20H32N4O3S. The Hall–Kier alpha value is -1.80. The predicted octanol–water partition coefficient (Wildman–Crippen LogP) is 1.65. The van der Waals surface area contributed by atoms with Crippen LogP contribution in [0, 0.1) is 0 Å². The molecule has 2 saturated heterocycles. The minimum atomic E-state index is -3.18. The number of ether oxygens (including phenoxy) is 1. The van der Waals surface area contributed by atoms with Crippen molar-refractivity contribution < 1.29 is 13.2 Å². The third-order valence-corrected chi connectivity index (χ3v) is 6.95. The Labute approximate surface area is 168 Å². The molecule has 1 aromatic rings. The number of hydrogen-bond acceptors (Lipinski definition) is 5. The van der Waals surface area contributed by atoms with Gasteiger partial charge in [-0.15, -0.1) is 0 Å². The van der Waals surface area contributed by atoms with E-state index in [1.807, 2.05) is 0 Å². The van der Waals surface area contributed by atoms with Crippen molar-refractivity contribution in [1.29, 1.82) is 0 Å². The highest BCUT2D eigenvalue weighted by Crippen LogP contribution is 2.32. The van der Waals surface area contributed by atoms with Crippen LogP contribution in [0.1, 0.15) is 32.1 Å². The van der Waals surface area contributed by atoms with E-state index < -0.39 is 9.84 Å². The molecule has 3 rings (SSSR count). The van der Waals surface area contributed by atoms with Gasteiger partial charge in [-0.05, 0) is 57.0 Å². The minimum absolute atomic E-state index is 0.297. The summed E-state index contributed by atoms with van der Waals surface area (Å²) in [5.41, 5.74) is 0. The third-order valence-electron chi connectivity index (χ3n) is 5.82. The van der Waals surface area contributed by atoms with Crippen LogP contribution < -0.4 is 15.4 Å². The fourth-order valence-electron chi connectivity index (χ4n) is 4.24. The average molecular weight is 409 g/mol. The molecule has 0 aromatic heterocycles. The molecule has 2 heterocycles. The lowest BCUT2D eigenvalue weighted by molar-refractivity contribution is 0.0526. The molecule has 0 radical (unpaired) electrons. The van der Waals surface area contributed by atoms with Gasteiger partial charge >= 0.3 is 0 Å². The summed E-state index contributed by atoms with van der Waals surface area (Å²) in [6, 6.07) is 8.32. The van der Waals surface area contributed by atoms with E-state index >= 15 is 0 Å². The van der Waals surface area contributed by atoms with Gasteiger partial charge in [0.05, 0.1) is 11.4 Å². The molecule has 2 bridgehead atoms. The summed E-state index contributed by atoms with van der Waals surface area (Å²) in [6.45, 7) is 1.09. The molecule has 0 saturated carbocycles. The maximum Gasteiger partial charge on any atom is 0.191 e. The molecule has 2 fully saturated rings. The topological polar surface area (TPSA) is 83.0 Å². The highest BCUT2D eigenvalue weighted by atomic mass is 32.2. The first-order valence-corrected chi connectivity index (χ1v) is 11.9. The average Bonchev–Trinajstić information content (AvgIpc) is 2.64. The first kappa shape index (κ1) is 20.9. The van der Waals surface area contributed by atoms with E-state index in [4.69, 9.17) is 4.74 Å². The summed E-state index contributed by atoms with van der Waals surface area (Å²) < 4.78 is 28.7. The first-order valence-electron chi connectivity index (χ1n) is 9.99. The van der Waals surface area contributed by atoms with Crippen molar-refractivity contribution in [2.24, 2.45) is 4.99 Å². The molecule has 0 amide bonds. The maximum absolute atomic E-state index is 11.5. The fourth-order valence-corrected chi connectivity index (χ4v) is 4.87. The Kier molecular flexibility index (Phi) is 6.82. The van der Waals surface area contributed by atoms with E-state index in [1.54, 1.807) is 31.3 Å². The molecule has 156 valence electrons. The molecule has 2 atom stereocenters. The highest BCUT2D eigenvalue weighted by Gasteiger charge is 2.36. The van der Waals surface area contributed by atoms with Crippen LogP contribution in [0.3, 0.4) is 0 Å². The zero-order valence-electron chi connectivity index (χ0n) is 17.0. The van der Waals surface area contributed by atoms with Gasteiger partial charge in [-0.1, -0.05) is 6.42 Å². The quantitative estimate of drug-likeness (QED) is 0.423. The summed E-state index contributed by atoms with van der Waals surface area (Å²) in [4.78, 5) is 7.19. The number of fused-ring (bicyclic) bond motifs is 2. The second-order valence-electron chi connectivity index (χ2n) is 7.81. The van der Waals surface area contributed by atoms with E-state index in [1.165, 1.54) is 25.5 Å². The molecule has 0 spiro atoms. The van der Waals surface area contributed by atoms with Gasteiger partial charge in [0.25, 0.3) is 0 Å². The monoisotopic (exact) mass is 408 g/mol. The summed E-state index contributed by atoms with van der Waals surface area (Å²) in [6.07, 6.45) is 7.46. The van der Waals surface area contributed by atoms with E-state index in [9.17, 15) is 8.42 Å². The molecule has 2 aliphatic heterocycles. The van der Waals surface area contributed by atoms with Gasteiger partial charge in [-0.2, -0.15) is 0 Å². The van der Waals surface area contributed by atoms with Crippen LogP contribution >= 0.6 is 0 Å². The lowest BCUT2D eigenvalue weighted by atomic mass is 9.82. The molecule has 2 unspecified atom stereocenters. The molecular weight excluding hydrogens is 376 g/mol. The second kappa shape index (κ2) is 9.13. The van der Waals surface area contributed by atoms with Crippen molar-refractivity contribution in [2.75, 3.05) is 33.5 Å². The van der Waals surface area contributed by atoms with Crippen molar-refractivity contribution in [3.8, 4) is 5.75 Å². The molecule has 1 aromatic carbocycles. The van der Waals surface area contributed by atoms with Gasteiger partial charge in [-0.3, -0.25) is 4.99 Å². The van der Waals surface area contributed by atoms with Crippen LogP contribution in [0.4, 0.5) is 0 Å². The minimum Gasteiger partial charge on any atom is -0.492 e. The van der Waals surface area contributed by atoms with E-state index in [2.05, 4.69) is 27.6 Å². The zero-order chi connectivity index (χ0) is 20.1. The highest BCUT2D eigenvalue weighted by molar-refractivity contribution is 7.90. The Balaban J connectivity index is 1.41. The van der Waals surface area contributed by atoms with Crippen LogP contribution in [-0.4, -0.2) is 70.9 Å². The number of aliphatic imine (C=N–C) groups is 1. The predicted molar refractivity (Wildman–Crippen MR) is 112 cm³/mol. The Bertz CT molecular complexity index is 765. The van der Waals surface area contributed by atoms with Gasteiger partial charge in [0, 0.05) is 31.4 Å². The summed E-state index contributed by atoms with van der Waals surface area (Å²) >= 11 is 0. The van der Waals surface area contributed by atoms with Gasteiger partial charge < -0.3 is 20.3 Å². The number of benzene rings is 1. The number of piperidine rings is 2. The Morgan fingerprint density at radius 2 is 1.86 bits per heavy atom. The zero-order valence-corrected chi connectivity index (χ0v) is 17.8. The smallest absolute Gasteiger partial charge is 0.191 e. The van der Waals surface area contributed by atoms with Crippen LogP contribution in [0.25, 0.3) is 0 Å². The first-order chi connectivity index (χ1) is 13.4. The van der Waals surface area contributed by atoms with Gasteiger partial charge in [0.15, 0.2) is 15.8 Å². The summed E-state index contributed by atoms with van der Waals surface area (Å²) in [5, 5.41) is 6.87. The van der Waals surface area contributed by atoms with E-state index in [0.29, 0.717) is 41.9 Å². The number of nitrogens with one attached hydrogen (secondary N) is 2. The van der Waals surface area contributed by atoms with Crippen molar-refractivity contribution in [3.05, 3.63) is 24.3 Å². The number of hydrogen-bond donors (Lipinski definition) is 2. The van der Waals surface area contributed by atoms with Crippen LogP contribution in [0.15, 0.2) is 34.2 Å². The van der Waals surface area contributed by atoms with E-state index in [-0.39, 0.29) is 0 Å². The van der Waals surface area contributed by atoms with Crippen LogP contribution in [0.2, 0.25) is 0 Å². The molecule has 2 N–H and O–H groups in total. The SMILES string of the molecule is CN=C(NCCOc1ccc(S(C)(=O)=O)cc1)NC1CC2CCCC(C1)N2C. The number of guanidine groups is 1. The normalized spacial score (nSPS) is 26.0. The summed E-state index contributed by atoms with van der Waals surface area (Å²) in [7, 11) is 0.871. The van der Waals surface area contributed by atoms with Crippen LogP contribution in [-0.2, 0) is 9.84 Å². The van der Waals surface area contributed by atoms with Gasteiger partial charge in [0.1, 0.15) is 12.4 Å². The maximum atomic E-state index is 11.5. The third kappa shape index (κ3) is 5.38. The molecule has 28 heavy (non-hydrogen) atoms.